The lowest BCUT2D eigenvalue weighted by Gasteiger charge is -2.19. The fraction of sp³-hybridized carbons (Fsp3) is 0.538. The molecule has 0 radical (unpaired) electrons. The van der Waals surface area contributed by atoms with Crippen molar-refractivity contribution in [1.82, 2.24) is 19.6 Å². The van der Waals surface area contributed by atoms with E-state index in [2.05, 4.69) is 31.0 Å². The molecular formula is C13H20N4O. The normalized spacial score (nSPS) is 13.9. The summed E-state index contributed by atoms with van der Waals surface area (Å²) in [6, 6.07) is 1.82. The second-order valence-corrected chi connectivity index (χ2v) is 5.67. The maximum absolute atomic E-state index is 10.4. The van der Waals surface area contributed by atoms with Crippen LogP contribution in [0.25, 0.3) is 0 Å². The molecule has 0 aliphatic carbocycles. The van der Waals surface area contributed by atoms with Crippen LogP contribution >= 0.6 is 0 Å². The van der Waals surface area contributed by atoms with Crippen molar-refractivity contribution < 1.29 is 5.11 Å². The van der Waals surface area contributed by atoms with Gasteiger partial charge in [-0.25, -0.2) is 0 Å². The molecule has 0 spiro atoms. The van der Waals surface area contributed by atoms with Crippen LogP contribution < -0.4 is 0 Å². The lowest BCUT2D eigenvalue weighted by molar-refractivity contribution is 0.211. The number of hydrogen-bond acceptors (Lipinski definition) is 3. The highest BCUT2D eigenvalue weighted by molar-refractivity contribution is 5.31. The third kappa shape index (κ3) is 2.31. The number of hydrogen-bond donors (Lipinski definition) is 1. The Morgan fingerprint density at radius 2 is 1.83 bits per heavy atom. The van der Waals surface area contributed by atoms with Crippen molar-refractivity contribution in [2.24, 2.45) is 14.1 Å². The first kappa shape index (κ1) is 12.8. The van der Waals surface area contributed by atoms with E-state index in [1.807, 2.05) is 32.6 Å². The number of rotatable bonds is 2. The first-order chi connectivity index (χ1) is 8.29. The molecule has 0 saturated heterocycles. The molecule has 1 N–H and O–H groups in total. The predicted octanol–water partition coefficient (Wildman–Crippen LogP) is 1.53. The van der Waals surface area contributed by atoms with Crippen molar-refractivity contribution >= 4 is 0 Å². The highest BCUT2D eigenvalue weighted by Crippen LogP contribution is 2.30. The molecule has 2 aromatic heterocycles. The maximum Gasteiger partial charge on any atom is 0.126 e. The van der Waals surface area contributed by atoms with E-state index in [-0.39, 0.29) is 5.41 Å². The molecule has 1 atom stereocenters. The van der Waals surface area contributed by atoms with E-state index in [0.717, 1.165) is 11.3 Å². The zero-order valence-corrected chi connectivity index (χ0v) is 11.5. The third-order valence-electron chi connectivity index (χ3n) is 2.88. The standard InChI is InChI=1S/C13H20N4O/c1-13(2,3)12-9(8-17(5)15-12)11(18)10-6-7-16(4)14-10/h6-8,11,18H,1-5H3. The van der Waals surface area contributed by atoms with Gasteiger partial charge in [0.25, 0.3) is 0 Å². The second-order valence-electron chi connectivity index (χ2n) is 5.67. The van der Waals surface area contributed by atoms with Gasteiger partial charge in [0.2, 0.25) is 0 Å². The van der Waals surface area contributed by atoms with Crippen molar-refractivity contribution in [3.05, 3.63) is 35.4 Å². The number of aromatic nitrogens is 4. The first-order valence-corrected chi connectivity index (χ1v) is 6.00. The smallest absolute Gasteiger partial charge is 0.126 e. The predicted molar refractivity (Wildman–Crippen MR) is 69.2 cm³/mol. The van der Waals surface area contributed by atoms with Crippen LogP contribution in [0.15, 0.2) is 18.5 Å². The molecule has 0 fully saturated rings. The van der Waals surface area contributed by atoms with Crippen molar-refractivity contribution in [2.45, 2.75) is 32.3 Å². The van der Waals surface area contributed by atoms with Crippen LogP contribution in [-0.4, -0.2) is 24.7 Å². The van der Waals surface area contributed by atoms with E-state index in [1.54, 1.807) is 9.36 Å². The third-order valence-corrected chi connectivity index (χ3v) is 2.88. The Labute approximate surface area is 107 Å². The van der Waals surface area contributed by atoms with Gasteiger partial charge in [-0.15, -0.1) is 0 Å². The van der Waals surface area contributed by atoms with Gasteiger partial charge in [0.15, 0.2) is 0 Å². The Bertz CT molecular complexity index is 548. The van der Waals surface area contributed by atoms with E-state index in [1.165, 1.54) is 0 Å². The minimum atomic E-state index is -0.728. The Kier molecular flexibility index (Phi) is 3.02. The number of aliphatic hydroxyl groups is 1. The fourth-order valence-electron chi connectivity index (χ4n) is 2.03. The van der Waals surface area contributed by atoms with Gasteiger partial charge in [0.05, 0.1) is 11.4 Å². The average molecular weight is 248 g/mol. The molecule has 0 bridgehead atoms. The molecule has 0 aliphatic rings. The lowest BCUT2D eigenvalue weighted by Crippen LogP contribution is -2.16. The molecule has 0 saturated carbocycles. The van der Waals surface area contributed by atoms with Crippen LogP contribution in [0.3, 0.4) is 0 Å². The van der Waals surface area contributed by atoms with Crippen molar-refractivity contribution in [1.29, 1.82) is 0 Å². The Morgan fingerprint density at radius 1 is 1.17 bits per heavy atom. The summed E-state index contributed by atoms with van der Waals surface area (Å²) in [5, 5.41) is 19.1. The highest BCUT2D eigenvalue weighted by atomic mass is 16.3. The SMILES string of the molecule is Cn1ccc(C(O)c2cn(C)nc2C(C)(C)C)n1. The molecule has 5 heteroatoms. The molecule has 98 valence electrons. The van der Waals surface area contributed by atoms with Crippen LogP contribution in [0.4, 0.5) is 0 Å². The summed E-state index contributed by atoms with van der Waals surface area (Å²) in [5.41, 5.74) is 2.27. The zero-order chi connectivity index (χ0) is 13.5. The van der Waals surface area contributed by atoms with Gasteiger partial charge in [0, 0.05) is 37.5 Å². The maximum atomic E-state index is 10.4. The van der Waals surface area contributed by atoms with Crippen molar-refractivity contribution in [2.75, 3.05) is 0 Å². The zero-order valence-electron chi connectivity index (χ0n) is 11.5. The Morgan fingerprint density at radius 3 is 2.33 bits per heavy atom. The van der Waals surface area contributed by atoms with Gasteiger partial charge in [0.1, 0.15) is 6.10 Å². The largest absolute Gasteiger partial charge is 0.382 e. The average Bonchev–Trinajstić information content (AvgIpc) is 2.82. The molecule has 0 amide bonds. The van der Waals surface area contributed by atoms with Crippen molar-refractivity contribution in [3.63, 3.8) is 0 Å². The Hall–Kier alpha value is -1.62. The molecule has 2 rings (SSSR count). The summed E-state index contributed by atoms with van der Waals surface area (Å²) in [7, 11) is 3.70. The minimum Gasteiger partial charge on any atom is -0.382 e. The van der Waals surface area contributed by atoms with Crippen LogP contribution in [0.1, 0.15) is 43.8 Å². The summed E-state index contributed by atoms with van der Waals surface area (Å²) in [6.45, 7) is 6.26. The van der Waals surface area contributed by atoms with Gasteiger partial charge in [-0.05, 0) is 6.07 Å². The van der Waals surface area contributed by atoms with Crippen LogP contribution in [-0.2, 0) is 19.5 Å². The van der Waals surface area contributed by atoms with Crippen LogP contribution in [0.2, 0.25) is 0 Å². The molecule has 2 heterocycles. The summed E-state index contributed by atoms with van der Waals surface area (Å²) in [6.07, 6.45) is 2.96. The monoisotopic (exact) mass is 248 g/mol. The molecule has 0 aromatic carbocycles. The van der Waals surface area contributed by atoms with Gasteiger partial charge >= 0.3 is 0 Å². The van der Waals surface area contributed by atoms with E-state index in [9.17, 15) is 5.11 Å². The van der Waals surface area contributed by atoms with Gasteiger partial charge in [-0.1, -0.05) is 20.8 Å². The van der Waals surface area contributed by atoms with Crippen molar-refractivity contribution in [3.8, 4) is 0 Å². The van der Waals surface area contributed by atoms with E-state index >= 15 is 0 Å². The lowest BCUT2D eigenvalue weighted by atomic mass is 9.87. The number of aryl methyl sites for hydroxylation is 2. The minimum absolute atomic E-state index is 0.105. The van der Waals surface area contributed by atoms with Crippen LogP contribution in [0, 0.1) is 0 Å². The van der Waals surface area contributed by atoms with E-state index in [4.69, 9.17) is 0 Å². The highest BCUT2D eigenvalue weighted by Gasteiger charge is 2.27. The first-order valence-electron chi connectivity index (χ1n) is 6.00. The van der Waals surface area contributed by atoms with E-state index in [0.29, 0.717) is 5.69 Å². The summed E-state index contributed by atoms with van der Waals surface area (Å²) in [5.74, 6) is 0. The quantitative estimate of drug-likeness (QED) is 0.877. The molecular weight excluding hydrogens is 228 g/mol. The second kappa shape index (κ2) is 4.24. The van der Waals surface area contributed by atoms with Gasteiger partial charge in [-0.3, -0.25) is 9.36 Å². The summed E-state index contributed by atoms with van der Waals surface area (Å²) < 4.78 is 3.42. The molecule has 1 unspecified atom stereocenters. The number of aliphatic hydroxyl groups excluding tert-OH is 1. The summed E-state index contributed by atoms with van der Waals surface area (Å²) in [4.78, 5) is 0. The number of nitrogens with zero attached hydrogens (tertiary/aromatic N) is 4. The van der Waals surface area contributed by atoms with Gasteiger partial charge in [-0.2, -0.15) is 10.2 Å². The molecule has 2 aromatic rings. The topological polar surface area (TPSA) is 55.9 Å². The summed E-state index contributed by atoms with van der Waals surface area (Å²) >= 11 is 0. The fourth-order valence-corrected chi connectivity index (χ4v) is 2.03. The molecule has 18 heavy (non-hydrogen) atoms. The van der Waals surface area contributed by atoms with Gasteiger partial charge < -0.3 is 5.11 Å². The van der Waals surface area contributed by atoms with E-state index < -0.39 is 6.10 Å². The molecule has 0 aliphatic heterocycles. The molecule has 5 nitrogen and oxygen atoms in total. The Balaban J connectivity index is 2.45. The van der Waals surface area contributed by atoms with Crippen LogP contribution in [0.5, 0.6) is 0 Å².